The van der Waals surface area contributed by atoms with E-state index in [1.807, 2.05) is 0 Å². The van der Waals surface area contributed by atoms with Crippen molar-refractivity contribution in [2.75, 3.05) is 0 Å². The molecule has 1 aliphatic rings. The molecule has 1 atom stereocenters. The van der Waals surface area contributed by atoms with E-state index in [9.17, 15) is 19.1 Å². The molecule has 0 aromatic carbocycles. The zero-order valence-corrected chi connectivity index (χ0v) is 7.27. The Hall–Kier alpha value is -1.37. The Balaban J connectivity index is 2.73. The molecule has 1 saturated carbocycles. The highest BCUT2D eigenvalue weighted by Crippen LogP contribution is 2.40. The number of carbonyl (C=O) groups excluding carboxylic acids is 2. The minimum atomic E-state index is -1.72. The van der Waals surface area contributed by atoms with Crippen molar-refractivity contribution in [3.63, 3.8) is 0 Å². The molecule has 0 radical (unpaired) electrons. The number of hydrogen-bond acceptors (Lipinski definition) is 4. The summed E-state index contributed by atoms with van der Waals surface area (Å²) in [7, 11) is 0. The SMILES string of the molecule is NC(=O)OC1(C(O)C(N)=O)CC(F)C1. The molecule has 80 valence electrons. The molecule has 6 nitrogen and oxygen atoms in total. The second-order valence-corrected chi connectivity index (χ2v) is 3.30. The molecule has 1 unspecified atom stereocenters. The van der Waals surface area contributed by atoms with Gasteiger partial charge in [0.2, 0.25) is 5.91 Å². The smallest absolute Gasteiger partial charge is 0.405 e. The summed E-state index contributed by atoms with van der Waals surface area (Å²) < 4.78 is 17.1. The minimum Gasteiger partial charge on any atom is -0.440 e. The normalized spacial score (nSPS) is 32.9. The van der Waals surface area contributed by atoms with Gasteiger partial charge >= 0.3 is 6.09 Å². The van der Waals surface area contributed by atoms with Crippen molar-refractivity contribution in [3.05, 3.63) is 0 Å². The van der Waals surface area contributed by atoms with Gasteiger partial charge in [0, 0.05) is 12.8 Å². The van der Waals surface area contributed by atoms with Crippen LogP contribution in [-0.2, 0) is 9.53 Å². The van der Waals surface area contributed by atoms with E-state index in [0.717, 1.165) is 0 Å². The maximum absolute atomic E-state index is 12.6. The number of carbonyl (C=O) groups is 2. The molecule has 5 N–H and O–H groups in total. The first-order valence-corrected chi connectivity index (χ1v) is 3.97. The van der Waals surface area contributed by atoms with Gasteiger partial charge in [-0.15, -0.1) is 0 Å². The topological polar surface area (TPSA) is 116 Å². The van der Waals surface area contributed by atoms with E-state index in [2.05, 4.69) is 4.74 Å². The fourth-order valence-corrected chi connectivity index (χ4v) is 1.51. The monoisotopic (exact) mass is 206 g/mol. The number of aliphatic hydroxyl groups is 1. The molecular weight excluding hydrogens is 195 g/mol. The molecule has 0 bridgehead atoms. The van der Waals surface area contributed by atoms with Crippen LogP contribution in [0.4, 0.5) is 9.18 Å². The number of halogens is 1. The van der Waals surface area contributed by atoms with Crippen molar-refractivity contribution in [1.82, 2.24) is 0 Å². The number of aliphatic hydroxyl groups excluding tert-OH is 1. The molecule has 14 heavy (non-hydrogen) atoms. The van der Waals surface area contributed by atoms with Gasteiger partial charge in [-0.2, -0.15) is 0 Å². The first kappa shape index (κ1) is 10.7. The quantitative estimate of drug-likeness (QED) is 0.537. The van der Waals surface area contributed by atoms with Crippen LogP contribution in [0.15, 0.2) is 0 Å². The molecule has 2 amide bonds. The van der Waals surface area contributed by atoms with Gasteiger partial charge in [0.15, 0.2) is 11.7 Å². The van der Waals surface area contributed by atoms with Crippen LogP contribution in [-0.4, -0.2) is 35.0 Å². The summed E-state index contributed by atoms with van der Waals surface area (Å²) in [5, 5.41) is 9.29. The van der Waals surface area contributed by atoms with Crippen LogP contribution in [0.5, 0.6) is 0 Å². The van der Waals surface area contributed by atoms with Gasteiger partial charge in [0.25, 0.3) is 0 Å². The van der Waals surface area contributed by atoms with Crippen molar-refractivity contribution in [1.29, 1.82) is 0 Å². The Bertz CT molecular complexity index is 264. The second kappa shape index (κ2) is 3.41. The summed E-state index contributed by atoms with van der Waals surface area (Å²) in [6.45, 7) is 0. The predicted octanol–water partition coefficient (Wildman–Crippen LogP) is -1.20. The van der Waals surface area contributed by atoms with E-state index in [1.54, 1.807) is 0 Å². The Kier molecular flexibility index (Phi) is 2.61. The second-order valence-electron chi connectivity index (χ2n) is 3.30. The Morgan fingerprint density at radius 3 is 2.29 bits per heavy atom. The van der Waals surface area contributed by atoms with E-state index < -0.39 is 29.9 Å². The largest absolute Gasteiger partial charge is 0.440 e. The number of alkyl halides is 1. The number of amides is 2. The maximum Gasteiger partial charge on any atom is 0.405 e. The van der Waals surface area contributed by atoms with Gasteiger partial charge in [0.1, 0.15) is 6.17 Å². The van der Waals surface area contributed by atoms with Gasteiger partial charge in [-0.1, -0.05) is 0 Å². The van der Waals surface area contributed by atoms with Gasteiger partial charge in [-0.05, 0) is 0 Å². The number of hydrogen-bond donors (Lipinski definition) is 3. The number of rotatable bonds is 3. The highest BCUT2D eigenvalue weighted by molar-refractivity contribution is 5.81. The first-order chi connectivity index (χ1) is 6.37. The third-order valence-electron chi connectivity index (χ3n) is 2.21. The third-order valence-corrected chi connectivity index (χ3v) is 2.21. The fraction of sp³-hybridized carbons (Fsp3) is 0.714. The zero-order chi connectivity index (χ0) is 10.9. The molecule has 0 aliphatic heterocycles. The van der Waals surface area contributed by atoms with Crippen LogP contribution >= 0.6 is 0 Å². The van der Waals surface area contributed by atoms with E-state index in [1.165, 1.54) is 0 Å². The Morgan fingerprint density at radius 2 is 2.00 bits per heavy atom. The predicted molar refractivity (Wildman–Crippen MR) is 42.7 cm³/mol. The fourth-order valence-electron chi connectivity index (χ4n) is 1.51. The van der Waals surface area contributed by atoms with Crippen LogP contribution < -0.4 is 11.5 Å². The van der Waals surface area contributed by atoms with Crippen LogP contribution in [0, 0.1) is 0 Å². The minimum absolute atomic E-state index is 0.264. The van der Waals surface area contributed by atoms with Gasteiger partial charge in [-0.3, -0.25) is 4.79 Å². The molecule has 0 aromatic rings. The van der Waals surface area contributed by atoms with E-state index in [0.29, 0.717) is 0 Å². The summed E-state index contributed by atoms with van der Waals surface area (Å²) in [6.07, 6.45) is -4.64. The van der Waals surface area contributed by atoms with Crippen LogP contribution in [0.2, 0.25) is 0 Å². The van der Waals surface area contributed by atoms with Crippen molar-refractivity contribution in [2.24, 2.45) is 11.5 Å². The average molecular weight is 206 g/mol. The molecule has 0 saturated heterocycles. The average Bonchev–Trinajstić information content (AvgIpc) is 1.98. The lowest BCUT2D eigenvalue weighted by atomic mass is 9.74. The van der Waals surface area contributed by atoms with Gasteiger partial charge in [-0.25, -0.2) is 9.18 Å². The number of ether oxygens (including phenoxy) is 1. The van der Waals surface area contributed by atoms with E-state index in [-0.39, 0.29) is 12.8 Å². The van der Waals surface area contributed by atoms with Gasteiger partial charge in [0.05, 0.1) is 0 Å². The third kappa shape index (κ3) is 1.77. The van der Waals surface area contributed by atoms with Crippen molar-refractivity contribution in [2.45, 2.75) is 30.7 Å². The van der Waals surface area contributed by atoms with E-state index >= 15 is 0 Å². The van der Waals surface area contributed by atoms with Crippen LogP contribution in [0.25, 0.3) is 0 Å². The molecule has 1 aliphatic carbocycles. The van der Waals surface area contributed by atoms with Crippen molar-refractivity contribution < 1.29 is 23.8 Å². The highest BCUT2D eigenvalue weighted by Gasteiger charge is 2.55. The summed E-state index contributed by atoms with van der Waals surface area (Å²) in [6, 6.07) is 0. The maximum atomic E-state index is 12.6. The first-order valence-electron chi connectivity index (χ1n) is 3.97. The molecule has 1 rings (SSSR count). The lowest BCUT2D eigenvalue weighted by molar-refractivity contribution is -0.169. The lowest BCUT2D eigenvalue weighted by Crippen LogP contribution is -2.61. The molecule has 0 heterocycles. The van der Waals surface area contributed by atoms with Crippen molar-refractivity contribution in [3.8, 4) is 0 Å². The van der Waals surface area contributed by atoms with Crippen LogP contribution in [0.1, 0.15) is 12.8 Å². The van der Waals surface area contributed by atoms with Crippen LogP contribution in [0.3, 0.4) is 0 Å². The Labute approximate surface area is 79.0 Å². The number of nitrogens with two attached hydrogens (primary N) is 2. The standard InChI is InChI=1S/C7H11FN2O4/c8-3-1-7(2-3,14-6(10)13)4(11)5(9)12/h3-4,11H,1-2H2,(H2,9,12)(H2,10,13). The lowest BCUT2D eigenvalue weighted by Gasteiger charge is -2.44. The Morgan fingerprint density at radius 1 is 1.50 bits per heavy atom. The summed E-state index contributed by atoms with van der Waals surface area (Å²) in [5.74, 6) is -1.07. The zero-order valence-electron chi connectivity index (χ0n) is 7.27. The number of primary amides is 2. The van der Waals surface area contributed by atoms with Crippen molar-refractivity contribution >= 4 is 12.0 Å². The molecule has 0 spiro atoms. The summed E-state index contributed by atoms with van der Waals surface area (Å²) in [5.41, 5.74) is 7.96. The highest BCUT2D eigenvalue weighted by atomic mass is 19.1. The summed E-state index contributed by atoms with van der Waals surface area (Å²) >= 11 is 0. The molecule has 1 fully saturated rings. The molecular formula is C7H11FN2O4. The molecule has 0 aromatic heterocycles. The molecule has 7 heteroatoms. The summed E-state index contributed by atoms with van der Waals surface area (Å²) in [4.78, 5) is 21.1. The van der Waals surface area contributed by atoms with Gasteiger partial charge < -0.3 is 21.3 Å². The van der Waals surface area contributed by atoms with E-state index in [4.69, 9.17) is 11.5 Å².